The van der Waals surface area contributed by atoms with Crippen molar-refractivity contribution in [2.24, 2.45) is 23.7 Å². The maximum atomic E-state index is 12.8. The molecule has 7 unspecified atom stereocenters. The molecule has 1 N–H and O–H groups in total. The highest BCUT2D eigenvalue weighted by Gasteiger charge is 2.74. The predicted octanol–water partition coefficient (Wildman–Crippen LogP) is 0.534. The number of aliphatic hydroxyl groups excluding tert-OH is 1. The molecule has 7 atom stereocenters. The second-order valence-electron chi connectivity index (χ2n) is 7.87. The van der Waals surface area contributed by atoms with Gasteiger partial charge in [-0.3, -0.25) is 4.79 Å². The average Bonchev–Trinajstić information content (AvgIpc) is 3.11. The number of nitrogens with zero attached hydrogens (tertiary/aromatic N) is 1. The normalized spacial score (nSPS) is 67.2. The minimum absolute atomic E-state index is 0.00118. The smallest absolute Gasteiger partial charge is 0.229 e. The van der Waals surface area contributed by atoms with Crippen molar-refractivity contribution in [3.63, 3.8) is 0 Å². The van der Waals surface area contributed by atoms with Crippen LogP contribution in [0.1, 0.15) is 32.1 Å². The second-order valence-corrected chi connectivity index (χ2v) is 7.87. The Morgan fingerprint density at radius 2 is 1.95 bits per heavy atom. The summed E-state index contributed by atoms with van der Waals surface area (Å²) < 4.78 is 5.87. The summed E-state index contributed by atoms with van der Waals surface area (Å²) in [6, 6.07) is -0.0191. The molecule has 0 radical (unpaired) electrons. The molecule has 3 aliphatic heterocycles. The van der Waals surface area contributed by atoms with Crippen LogP contribution in [0.15, 0.2) is 0 Å². The van der Waals surface area contributed by atoms with Crippen molar-refractivity contribution in [1.29, 1.82) is 0 Å². The van der Waals surface area contributed by atoms with Crippen LogP contribution in [0.5, 0.6) is 0 Å². The van der Waals surface area contributed by atoms with Gasteiger partial charge in [-0.2, -0.15) is 0 Å². The van der Waals surface area contributed by atoms with Gasteiger partial charge in [0, 0.05) is 5.54 Å². The third kappa shape index (κ3) is 0.855. The molecular formula is C15H19NO3. The molecular weight excluding hydrogens is 242 g/mol. The summed E-state index contributed by atoms with van der Waals surface area (Å²) >= 11 is 0. The number of likely N-dealkylation sites (tertiary alicyclic amines) is 1. The van der Waals surface area contributed by atoms with E-state index in [1.165, 1.54) is 25.7 Å². The molecule has 4 nitrogen and oxygen atoms in total. The van der Waals surface area contributed by atoms with E-state index >= 15 is 0 Å². The Hall–Kier alpha value is -0.610. The molecule has 3 saturated heterocycles. The standard InChI is InChI=1S/C15H19NO3/c17-12-10-3-9-13(19-10)11(12)16(14(9)18)15-4-6-1-8(15)2-7(6)5-15/h6-13,17H,1-5H2. The van der Waals surface area contributed by atoms with Gasteiger partial charge in [0.05, 0.1) is 24.2 Å². The lowest BCUT2D eigenvalue weighted by molar-refractivity contribution is -0.140. The molecule has 1 amide bonds. The van der Waals surface area contributed by atoms with E-state index in [4.69, 9.17) is 4.74 Å². The largest absolute Gasteiger partial charge is 0.388 e. The number of amides is 1. The summed E-state index contributed by atoms with van der Waals surface area (Å²) in [5.41, 5.74) is 0.119. The first kappa shape index (κ1) is 10.2. The van der Waals surface area contributed by atoms with E-state index in [0.717, 1.165) is 24.2 Å². The zero-order valence-corrected chi connectivity index (χ0v) is 10.9. The van der Waals surface area contributed by atoms with Crippen molar-refractivity contribution in [2.45, 2.75) is 62.0 Å². The number of fused-ring (bicyclic) bond motifs is 1. The van der Waals surface area contributed by atoms with E-state index < -0.39 is 6.10 Å². The highest BCUT2D eigenvalue weighted by atomic mass is 16.5. The van der Waals surface area contributed by atoms with Crippen LogP contribution in [0, 0.1) is 23.7 Å². The van der Waals surface area contributed by atoms with E-state index in [1.807, 2.05) is 0 Å². The molecule has 0 aromatic heterocycles. The number of hydrogen-bond donors (Lipinski definition) is 1. The zero-order chi connectivity index (χ0) is 12.5. The SMILES string of the molecule is O=C1C2CC3OC2C(C3O)N1C12CC3CC1CC3C2. The fourth-order valence-electron chi connectivity index (χ4n) is 6.94. The Morgan fingerprint density at radius 1 is 1.21 bits per heavy atom. The Balaban J connectivity index is 1.50. The maximum absolute atomic E-state index is 12.8. The van der Waals surface area contributed by atoms with Gasteiger partial charge in [-0.25, -0.2) is 0 Å². The monoisotopic (exact) mass is 261 g/mol. The molecule has 0 aromatic carbocycles. The second kappa shape index (κ2) is 2.73. The van der Waals surface area contributed by atoms with Crippen molar-refractivity contribution >= 4 is 5.91 Å². The van der Waals surface area contributed by atoms with Crippen molar-refractivity contribution in [3.8, 4) is 0 Å². The van der Waals surface area contributed by atoms with Crippen molar-refractivity contribution in [3.05, 3.63) is 0 Å². The Bertz CT molecular complexity index is 492. The number of hydrogen-bond acceptors (Lipinski definition) is 3. The molecule has 4 aliphatic carbocycles. The minimum atomic E-state index is -0.432. The first-order chi connectivity index (χ1) is 9.19. The van der Waals surface area contributed by atoms with Crippen molar-refractivity contribution in [2.75, 3.05) is 0 Å². The maximum Gasteiger partial charge on any atom is 0.229 e. The lowest BCUT2D eigenvalue weighted by Gasteiger charge is -2.43. The molecule has 4 saturated carbocycles. The van der Waals surface area contributed by atoms with Crippen LogP contribution in [0.4, 0.5) is 0 Å². The minimum Gasteiger partial charge on any atom is -0.388 e. The van der Waals surface area contributed by atoms with Gasteiger partial charge in [0.2, 0.25) is 5.91 Å². The number of carbonyl (C=O) groups excluding carboxylic acids is 1. The summed E-state index contributed by atoms with van der Waals surface area (Å²) in [5, 5.41) is 10.5. The van der Waals surface area contributed by atoms with Crippen molar-refractivity contribution < 1.29 is 14.6 Å². The molecule has 7 aliphatic rings. The molecule has 4 heteroatoms. The lowest BCUT2D eigenvalue weighted by atomic mass is 9.85. The Kier molecular flexibility index (Phi) is 1.46. The van der Waals surface area contributed by atoms with Crippen LogP contribution < -0.4 is 0 Å². The summed E-state index contributed by atoms with van der Waals surface area (Å²) in [4.78, 5) is 15.0. The summed E-state index contributed by atoms with van der Waals surface area (Å²) in [5.74, 6) is 2.82. The van der Waals surface area contributed by atoms with Crippen LogP contribution in [0.3, 0.4) is 0 Å². The molecule has 102 valence electrons. The predicted molar refractivity (Wildman–Crippen MR) is 65.1 cm³/mol. The molecule has 0 spiro atoms. The van der Waals surface area contributed by atoms with E-state index in [1.54, 1.807) is 0 Å². The lowest BCUT2D eigenvalue weighted by Crippen LogP contribution is -2.56. The summed E-state index contributed by atoms with van der Waals surface area (Å²) in [6.45, 7) is 0. The van der Waals surface area contributed by atoms with Crippen LogP contribution >= 0.6 is 0 Å². The zero-order valence-electron chi connectivity index (χ0n) is 10.9. The topological polar surface area (TPSA) is 49.8 Å². The molecule has 6 bridgehead atoms. The van der Waals surface area contributed by atoms with E-state index in [9.17, 15) is 9.90 Å². The van der Waals surface area contributed by atoms with Gasteiger partial charge in [0.25, 0.3) is 0 Å². The van der Waals surface area contributed by atoms with Crippen LogP contribution in [-0.2, 0) is 9.53 Å². The highest BCUT2D eigenvalue weighted by Crippen LogP contribution is 2.69. The highest BCUT2D eigenvalue weighted by molar-refractivity contribution is 5.85. The van der Waals surface area contributed by atoms with E-state index in [0.29, 0.717) is 5.91 Å². The number of ether oxygens (including phenoxy) is 1. The fraction of sp³-hybridized carbons (Fsp3) is 0.933. The van der Waals surface area contributed by atoms with Crippen LogP contribution in [0.25, 0.3) is 0 Å². The van der Waals surface area contributed by atoms with E-state index in [2.05, 4.69) is 4.90 Å². The van der Waals surface area contributed by atoms with Gasteiger partial charge in [-0.1, -0.05) is 0 Å². The Morgan fingerprint density at radius 3 is 2.53 bits per heavy atom. The summed E-state index contributed by atoms with van der Waals surface area (Å²) in [7, 11) is 0. The molecule has 7 rings (SSSR count). The average molecular weight is 261 g/mol. The number of aliphatic hydroxyl groups is 1. The fourth-order valence-corrected chi connectivity index (χ4v) is 6.94. The van der Waals surface area contributed by atoms with Gasteiger partial charge in [0.1, 0.15) is 6.10 Å². The third-order valence-corrected chi connectivity index (χ3v) is 7.45. The molecule has 3 heterocycles. The number of carbonyl (C=O) groups is 1. The molecule has 19 heavy (non-hydrogen) atoms. The molecule has 0 aromatic rings. The van der Waals surface area contributed by atoms with Crippen molar-refractivity contribution in [1.82, 2.24) is 4.90 Å². The number of rotatable bonds is 1. The van der Waals surface area contributed by atoms with Gasteiger partial charge >= 0.3 is 0 Å². The van der Waals surface area contributed by atoms with Gasteiger partial charge < -0.3 is 14.7 Å². The van der Waals surface area contributed by atoms with E-state index in [-0.39, 0.29) is 29.7 Å². The Labute approximate surface area is 112 Å². The van der Waals surface area contributed by atoms with Crippen LogP contribution in [-0.4, -0.2) is 45.8 Å². The third-order valence-electron chi connectivity index (χ3n) is 7.45. The summed E-state index contributed by atoms with van der Waals surface area (Å²) in [6.07, 6.45) is 5.33. The molecule has 7 fully saturated rings. The van der Waals surface area contributed by atoms with Gasteiger partial charge in [-0.15, -0.1) is 0 Å². The first-order valence-corrected chi connectivity index (χ1v) is 7.86. The van der Waals surface area contributed by atoms with Crippen LogP contribution in [0.2, 0.25) is 0 Å². The van der Waals surface area contributed by atoms with Gasteiger partial charge in [-0.05, 0) is 49.9 Å². The quantitative estimate of drug-likeness (QED) is 0.749. The first-order valence-electron chi connectivity index (χ1n) is 7.86. The van der Waals surface area contributed by atoms with Gasteiger partial charge in [0.15, 0.2) is 0 Å².